The minimum Gasteiger partial charge on any atom is -0.476 e. The number of amides is 2. The average Bonchev–Trinajstić information content (AvgIpc) is 2.83. The average molecular weight is 297 g/mol. The number of urea groups is 1. The quantitative estimate of drug-likeness (QED) is 0.779. The van der Waals surface area contributed by atoms with Crippen molar-refractivity contribution in [1.82, 2.24) is 15.6 Å². The maximum absolute atomic E-state index is 12.0. The molecule has 1 heterocycles. The smallest absolute Gasteiger partial charge is 0.355 e. The molecule has 20 heavy (non-hydrogen) atoms. The van der Waals surface area contributed by atoms with Crippen LogP contribution in [0.5, 0.6) is 0 Å². The molecule has 0 aliphatic heterocycles. The zero-order chi connectivity index (χ0) is 14.8. The molecule has 1 unspecified atom stereocenters. The van der Waals surface area contributed by atoms with Crippen LogP contribution >= 0.6 is 11.3 Å². The van der Waals surface area contributed by atoms with E-state index in [2.05, 4.69) is 22.5 Å². The molecular formula is C13H19N3O3S. The number of nitrogens with one attached hydrogen (secondary N) is 2. The highest BCUT2D eigenvalue weighted by Crippen LogP contribution is 2.34. The van der Waals surface area contributed by atoms with E-state index in [4.69, 9.17) is 5.11 Å². The summed E-state index contributed by atoms with van der Waals surface area (Å²) in [6.07, 6.45) is 4.12. The Bertz CT molecular complexity index is 505. The van der Waals surface area contributed by atoms with Crippen molar-refractivity contribution in [2.24, 2.45) is 0 Å². The molecule has 0 bridgehead atoms. The minimum absolute atomic E-state index is 0.0167. The lowest BCUT2D eigenvalue weighted by atomic mass is 9.75. The molecule has 0 aromatic carbocycles. The van der Waals surface area contributed by atoms with E-state index in [1.165, 1.54) is 16.7 Å². The van der Waals surface area contributed by atoms with Gasteiger partial charge in [0, 0.05) is 10.9 Å². The summed E-state index contributed by atoms with van der Waals surface area (Å²) in [5.41, 5.74) is -0.0399. The van der Waals surface area contributed by atoms with Crippen LogP contribution in [0.1, 0.15) is 61.1 Å². The van der Waals surface area contributed by atoms with Crippen molar-refractivity contribution >= 4 is 23.3 Å². The number of thiazole rings is 1. The van der Waals surface area contributed by atoms with E-state index in [0.717, 1.165) is 25.7 Å². The van der Waals surface area contributed by atoms with Gasteiger partial charge in [0.05, 0.1) is 6.04 Å². The Morgan fingerprint density at radius 2 is 2.25 bits per heavy atom. The zero-order valence-corrected chi connectivity index (χ0v) is 12.4. The van der Waals surface area contributed by atoms with Crippen molar-refractivity contribution in [3.8, 4) is 0 Å². The molecule has 0 saturated heterocycles. The Hall–Kier alpha value is -1.63. The van der Waals surface area contributed by atoms with Gasteiger partial charge in [0.25, 0.3) is 0 Å². The molecule has 2 amide bonds. The van der Waals surface area contributed by atoms with Crippen molar-refractivity contribution in [3.05, 3.63) is 16.1 Å². The van der Waals surface area contributed by atoms with Crippen LogP contribution in [0, 0.1) is 0 Å². The molecule has 2 rings (SSSR count). The Morgan fingerprint density at radius 1 is 1.55 bits per heavy atom. The highest BCUT2D eigenvalue weighted by Gasteiger charge is 2.36. The molecular weight excluding hydrogens is 278 g/mol. The third-order valence-electron chi connectivity index (χ3n) is 3.83. The van der Waals surface area contributed by atoms with Gasteiger partial charge in [-0.25, -0.2) is 14.6 Å². The summed E-state index contributed by atoms with van der Waals surface area (Å²) in [7, 11) is 0. The van der Waals surface area contributed by atoms with Crippen LogP contribution in [0.15, 0.2) is 5.38 Å². The molecule has 1 aromatic heterocycles. The molecule has 1 aliphatic rings. The lowest BCUT2D eigenvalue weighted by molar-refractivity contribution is 0.0691. The fourth-order valence-electron chi connectivity index (χ4n) is 2.29. The van der Waals surface area contributed by atoms with Crippen molar-refractivity contribution < 1.29 is 14.7 Å². The first-order valence-corrected chi connectivity index (χ1v) is 7.61. The number of carboxylic acids is 1. The van der Waals surface area contributed by atoms with E-state index in [1.54, 1.807) is 6.92 Å². The van der Waals surface area contributed by atoms with E-state index in [-0.39, 0.29) is 23.3 Å². The third-order valence-corrected chi connectivity index (χ3v) is 4.85. The van der Waals surface area contributed by atoms with E-state index in [1.807, 2.05) is 0 Å². The van der Waals surface area contributed by atoms with Crippen LogP contribution in [0.4, 0.5) is 4.79 Å². The molecule has 7 heteroatoms. The van der Waals surface area contributed by atoms with Gasteiger partial charge in [0.1, 0.15) is 5.01 Å². The van der Waals surface area contributed by atoms with E-state index >= 15 is 0 Å². The summed E-state index contributed by atoms with van der Waals surface area (Å²) in [4.78, 5) is 26.7. The third kappa shape index (κ3) is 3.09. The monoisotopic (exact) mass is 297 g/mol. The summed E-state index contributed by atoms with van der Waals surface area (Å²) in [5, 5.41) is 16.7. The molecule has 1 aromatic rings. The Balaban J connectivity index is 1.91. The lowest BCUT2D eigenvalue weighted by Crippen LogP contribution is -2.56. The van der Waals surface area contributed by atoms with Gasteiger partial charge in [-0.05, 0) is 32.6 Å². The molecule has 1 saturated carbocycles. The number of carboxylic acid groups (broad SMARTS) is 1. The second-order valence-corrected chi connectivity index (χ2v) is 6.07. The second kappa shape index (κ2) is 5.78. The lowest BCUT2D eigenvalue weighted by Gasteiger charge is -2.42. The molecule has 0 radical (unpaired) electrons. The van der Waals surface area contributed by atoms with Crippen LogP contribution in [0.2, 0.25) is 0 Å². The fraction of sp³-hybridized carbons (Fsp3) is 0.615. The molecule has 1 atom stereocenters. The van der Waals surface area contributed by atoms with Crippen LogP contribution in [0.25, 0.3) is 0 Å². The van der Waals surface area contributed by atoms with Gasteiger partial charge in [0.2, 0.25) is 0 Å². The largest absolute Gasteiger partial charge is 0.476 e. The van der Waals surface area contributed by atoms with Gasteiger partial charge in [-0.15, -0.1) is 11.3 Å². The van der Waals surface area contributed by atoms with E-state index < -0.39 is 5.97 Å². The van der Waals surface area contributed by atoms with Crippen LogP contribution in [-0.2, 0) is 0 Å². The van der Waals surface area contributed by atoms with Crippen LogP contribution in [0.3, 0.4) is 0 Å². The number of carbonyl (C=O) groups excluding carboxylic acids is 1. The SMILES string of the molecule is CCC1(NC(=O)NC(C)c2nc(C(=O)O)cs2)CCC1. The van der Waals surface area contributed by atoms with Crippen molar-refractivity contribution in [3.63, 3.8) is 0 Å². The first kappa shape index (κ1) is 14.8. The van der Waals surface area contributed by atoms with Crippen LogP contribution in [-0.4, -0.2) is 27.6 Å². The number of nitrogens with zero attached hydrogens (tertiary/aromatic N) is 1. The highest BCUT2D eigenvalue weighted by molar-refractivity contribution is 7.09. The summed E-state index contributed by atoms with van der Waals surface area (Å²) in [6.45, 7) is 3.87. The summed E-state index contributed by atoms with van der Waals surface area (Å²) < 4.78 is 0. The summed E-state index contributed by atoms with van der Waals surface area (Å²) in [6, 6.07) is -0.520. The van der Waals surface area contributed by atoms with E-state index in [9.17, 15) is 9.59 Å². The number of aromatic nitrogens is 1. The number of rotatable bonds is 5. The number of hydrogen-bond donors (Lipinski definition) is 3. The fourth-order valence-corrected chi connectivity index (χ4v) is 3.09. The predicted octanol–water partition coefficient (Wildman–Crippen LogP) is 2.53. The van der Waals surface area contributed by atoms with Gasteiger partial charge in [0.15, 0.2) is 5.69 Å². The first-order chi connectivity index (χ1) is 9.46. The van der Waals surface area contributed by atoms with Gasteiger partial charge < -0.3 is 15.7 Å². The number of carbonyl (C=O) groups is 2. The maximum atomic E-state index is 12.0. The standard InChI is InChI=1S/C13H19N3O3S/c1-3-13(5-4-6-13)16-12(19)14-8(2)10-15-9(7-20-10)11(17)18/h7-8H,3-6H2,1-2H3,(H,17,18)(H2,14,16,19). The maximum Gasteiger partial charge on any atom is 0.355 e. The molecule has 110 valence electrons. The summed E-state index contributed by atoms with van der Waals surface area (Å²) >= 11 is 1.24. The Morgan fingerprint density at radius 3 is 2.70 bits per heavy atom. The Labute approximate surface area is 121 Å². The topological polar surface area (TPSA) is 91.3 Å². The van der Waals surface area contributed by atoms with Gasteiger partial charge >= 0.3 is 12.0 Å². The molecule has 1 aliphatic carbocycles. The molecule has 3 N–H and O–H groups in total. The molecule has 1 fully saturated rings. The molecule has 6 nitrogen and oxygen atoms in total. The van der Waals surface area contributed by atoms with Crippen molar-refractivity contribution in [1.29, 1.82) is 0 Å². The van der Waals surface area contributed by atoms with Gasteiger partial charge in [-0.1, -0.05) is 6.92 Å². The summed E-state index contributed by atoms with van der Waals surface area (Å²) in [5.74, 6) is -1.05. The normalized spacial score (nSPS) is 17.9. The molecule has 0 spiro atoms. The van der Waals surface area contributed by atoms with Crippen molar-refractivity contribution in [2.45, 2.75) is 51.1 Å². The minimum atomic E-state index is -1.05. The second-order valence-electron chi connectivity index (χ2n) is 5.18. The van der Waals surface area contributed by atoms with Gasteiger partial charge in [-0.2, -0.15) is 0 Å². The zero-order valence-electron chi connectivity index (χ0n) is 11.6. The van der Waals surface area contributed by atoms with Crippen molar-refractivity contribution in [2.75, 3.05) is 0 Å². The highest BCUT2D eigenvalue weighted by atomic mass is 32.1. The number of aromatic carboxylic acids is 1. The predicted molar refractivity (Wildman–Crippen MR) is 76.0 cm³/mol. The number of hydrogen-bond acceptors (Lipinski definition) is 4. The van der Waals surface area contributed by atoms with Crippen LogP contribution < -0.4 is 10.6 Å². The first-order valence-electron chi connectivity index (χ1n) is 6.73. The van der Waals surface area contributed by atoms with Gasteiger partial charge in [-0.3, -0.25) is 0 Å². The van der Waals surface area contributed by atoms with E-state index in [0.29, 0.717) is 5.01 Å². The Kier molecular flexibility index (Phi) is 4.27.